The van der Waals surface area contributed by atoms with Crippen LogP contribution in [-0.4, -0.2) is 21.2 Å². The number of aromatic nitrogens is 2. The Morgan fingerprint density at radius 1 is 1.38 bits per heavy atom. The van der Waals surface area contributed by atoms with Gasteiger partial charge in [0.05, 0.1) is 11.8 Å². The standard InChI is InChI=1S/C15H15ClN2O3/c16-12-7-2-1-4-9(12)8-13-17-14(21-18-13)10-5-3-6-11(10)15(19)20/h1-2,4,7,10-11H,3,5-6,8H2,(H,19,20). The average molecular weight is 307 g/mol. The topological polar surface area (TPSA) is 76.2 Å². The highest BCUT2D eigenvalue weighted by Gasteiger charge is 2.37. The van der Waals surface area contributed by atoms with Crippen LogP contribution in [0.25, 0.3) is 0 Å². The van der Waals surface area contributed by atoms with Crippen LogP contribution in [0, 0.1) is 5.92 Å². The molecule has 1 aromatic carbocycles. The smallest absolute Gasteiger partial charge is 0.307 e. The molecule has 0 amide bonds. The number of carboxylic acid groups (broad SMARTS) is 1. The molecule has 0 radical (unpaired) electrons. The summed E-state index contributed by atoms with van der Waals surface area (Å²) >= 11 is 6.11. The lowest BCUT2D eigenvalue weighted by Crippen LogP contribution is -2.17. The van der Waals surface area contributed by atoms with Crippen molar-refractivity contribution in [2.24, 2.45) is 5.92 Å². The van der Waals surface area contributed by atoms with Crippen LogP contribution in [0.15, 0.2) is 28.8 Å². The first-order valence-corrected chi connectivity index (χ1v) is 7.31. The summed E-state index contributed by atoms with van der Waals surface area (Å²) < 4.78 is 5.27. The number of hydrogen-bond donors (Lipinski definition) is 1. The van der Waals surface area contributed by atoms with Gasteiger partial charge in [-0.25, -0.2) is 0 Å². The van der Waals surface area contributed by atoms with Crippen LogP contribution in [0.1, 0.15) is 42.5 Å². The zero-order valence-corrected chi connectivity index (χ0v) is 12.1. The molecule has 0 aliphatic heterocycles. The molecule has 2 aromatic rings. The first-order chi connectivity index (χ1) is 10.1. The van der Waals surface area contributed by atoms with Gasteiger partial charge in [0.2, 0.25) is 5.89 Å². The average Bonchev–Trinajstić information content (AvgIpc) is 3.09. The second kappa shape index (κ2) is 5.85. The summed E-state index contributed by atoms with van der Waals surface area (Å²) in [6, 6.07) is 7.49. The molecule has 6 heteroatoms. The van der Waals surface area contributed by atoms with Gasteiger partial charge in [-0.3, -0.25) is 4.79 Å². The second-order valence-corrected chi connectivity index (χ2v) is 5.71. The summed E-state index contributed by atoms with van der Waals surface area (Å²) in [5, 5.41) is 13.8. The lowest BCUT2D eigenvalue weighted by Gasteiger charge is -2.10. The largest absolute Gasteiger partial charge is 0.481 e. The molecule has 0 spiro atoms. The van der Waals surface area contributed by atoms with Crippen molar-refractivity contribution in [3.05, 3.63) is 46.6 Å². The van der Waals surface area contributed by atoms with Gasteiger partial charge in [0, 0.05) is 11.4 Å². The molecule has 1 fully saturated rings. The molecule has 5 nitrogen and oxygen atoms in total. The van der Waals surface area contributed by atoms with Gasteiger partial charge in [-0.05, 0) is 24.5 Å². The van der Waals surface area contributed by atoms with E-state index in [4.69, 9.17) is 16.1 Å². The minimum Gasteiger partial charge on any atom is -0.481 e. The van der Waals surface area contributed by atoms with Gasteiger partial charge in [0.15, 0.2) is 5.82 Å². The maximum absolute atomic E-state index is 11.2. The van der Waals surface area contributed by atoms with Crippen LogP contribution < -0.4 is 0 Å². The molecule has 1 aliphatic rings. The van der Waals surface area contributed by atoms with Gasteiger partial charge in [-0.1, -0.05) is 41.4 Å². The van der Waals surface area contributed by atoms with E-state index in [1.54, 1.807) is 0 Å². The summed E-state index contributed by atoms with van der Waals surface area (Å²) in [5.74, 6) is -0.409. The van der Waals surface area contributed by atoms with Gasteiger partial charge in [0.1, 0.15) is 0 Å². The highest BCUT2D eigenvalue weighted by molar-refractivity contribution is 6.31. The molecule has 3 rings (SSSR count). The molecule has 2 atom stereocenters. The van der Waals surface area contributed by atoms with Crippen LogP contribution >= 0.6 is 11.6 Å². The highest BCUT2D eigenvalue weighted by Crippen LogP contribution is 2.39. The van der Waals surface area contributed by atoms with Gasteiger partial charge < -0.3 is 9.63 Å². The van der Waals surface area contributed by atoms with Crippen molar-refractivity contribution in [2.45, 2.75) is 31.6 Å². The van der Waals surface area contributed by atoms with Gasteiger partial charge in [-0.15, -0.1) is 0 Å². The van der Waals surface area contributed by atoms with Crippen molar-refractivity contribution in [1.82, 2.24) is 10.1 Å². The Kier molecular flexibility index (Phi) is 3.92. The maximum Gasteiger partial charge on any atom is 0.307 e. The molecule has 1 aliphatic carbocycles. The molecular formula is C15H15ClN2O3. The lowest BCUT2D eigenvalue weighted by molar-refractivity contribution is -0.142. The van der Waals surface area contributed by atoms with Gasteiger partial charge in [0.25, 0.3) is 0 Å². The third-order valence-electron chi connectivity index (χ3n) is 3.94. The maximum atomic E-state index is 11.2. The van der Waals surface area contributed by atoms with Crippen molar-refractivity contribution in [2.75, 3.05) is 0 Å². The summed E-state index contributed by atoms with van der Waals surface area (Å²) in [6.45, 7) is 0. The summed E-state index contributed by atoms with van der Waals surface area (Å²) in [5.41, 5.74) is 0.924. The monoisotopic (exact) mass is 306 g/mol. The zero-order chi connectivity index (χ0) is 14.8. The van der Waals surface area contributed by atoms with Gasteiger partial charge >= 0.3 is 5.97 Å². The molecule has 1 saturated carbocycles. The molecule has 1 aromatic heterocycles. The number of hydrogen-bond acceptors (Lipinski definition) is 4. The van der Waals surface area contributed by atoms with Crippen LogP contribution in [-0.2, 0) is 11.2 Å². The van der Waals surface area contributed by atoms with Crippen LogP contribution in [0.5, 0.6) is 0 Å². The number of halogens is 1. The highest BCUT2D eigenvalue weighted by atomic mass is 35.5. The minimum absolute atomic E-state index is 0.171. The number of rotatable bonds is 4. The van der Waals surface area contributed by atoms with Crippen molar-refractivity contribution >= 4 is 17.6 Å². The number of aliphatic carboxylic acids is 1. The van der Waals surface area contributed by atoms with E-state index >= 15 is 0 Å². The fraction of sp³-hybridized carbons (Fsp3) is 0.400. The van der Waals surface area contributed by atoms with E-state index in [2.05, 4.69) is 10.1 Å². The third kappa shape index (κ3) is 2.93. The minimum atomic E-state index is -0.789. The Balaban J connectivity index is 1.78. The Morgan fingerprint density at radius 2 is 2.19 bits per heavy atom. The Bertz CT molecular complexity index is 656. The quantitative estimate of drug-likeness (QED) is 0.938. The number of nitrogens with zero attached hydrogens (tertiary/aromatic N) is 2. The number of carboxylic acids is 1. The van der Waals surface area contributed by atoms with E-state index in [1.807, 2.05) is 24.3 Å². The Morgan fingerprint density at radius 3 is 2.95 bits per heavy atom. The van der Waals surface area contributed by atoms with Crippen molar-refractivity contribution in [3.63, 3.8) is 0 Å². The second-order valence-electron chi connectivity index (χ2n) is 5.30. The predicted octanol–water partition coefficient (Wildman–Crippen LogP) is 3.28. The summed E-state index contributed by atoms with van der Waals surface area (Å²) in [6.07, 6.45) is 2.81. The van der Waals surface area contributed by atoms with E-state index in [0.717, 1.165) is 18.4 Å². The molecular weight excluding hydrogens is 292 g/mol. The molecule has 1 heterocycles. The van der Waals surface area contributed by atoms with E-state index in [0.29, 0.717) is 29.6 Å². The SMILES string of the molecule is O=C(O)C1CCCC1c1nc(Cc2ccccc2Cl)no1. The molecule has 21 heavy (non-hydrogen) atoms. The fourth-order valence-electron chi connectivity index (χ4n) is 2.85. The van der Waals surface area contributed by atoms with Crippen LogP contribution in [0.3, 0.4) is 0 Å². The van der Waals surface area contributed by atoms with Crippen molar-refractivity contribution < 1.29 is 14.4 Å². The molecule has 0 bridgehead atoms. The third-order valence-corrected chi connectivity index (χ3v) is 4.31. The van der Waals surface area contributed by atoms with E-state index in [9.17, 15) is 9.90 Å². The van der Waals surface area contributed by atoms with E-state index in [1.165, 1.54) is 0 Å². The van der Waals surface area contributed by atoms with E-state index in [-0.39, 0.29) is 5.92 Å². The first kappa shape index (κ1) is 14.1. The van der Waals surface area contributed by atoms with Crippen LogP contribution in [0.4, 0.5) is 0 Å². The summed E-state index contributed by atoms with van der Waals surface area (Å²) in [4.78, 5) is 15.6. The van der Waals surface area contributed by atoms with Crippen molar-refractivity contribution in [3.8, 4) is 0 Å². The summed E-state index contributed by atoms with van der Waals surface area (Å²) in [7, 11) is 0. The van der Waals surface area contributed by atoms with E-state index < -0.39 is 11.9 Å². The normalized spacial score (nSPS) is 21.6. The molecule has 0 saturated heterocycles. The Hall–Kier alpha value is -1.88. The van der Waals surface area contributed by atoms with Crippen LogP contribution in [0.2, 0.25) is 5.02 Å². The fourth-order valence-corrected chi connectivity index (χ4v) is 3.06. The zero-order valence-electron chi connectivity index (χ0n) is 11.3. The molecule has 110 valence electrons. The number of carbonyl (C=O) groups is 1. The first-order valence-electron chi connectivity index (χ1n) is 6.94. The Labute approximate surface area is 126 Å². The molecule has 1 N–H and O–H groups in total. The van der Waals surface area contributed by atoms with Crippen molar-refractivity contribution in [1.29, 1.82) is 0 Å². The van der Waals surface area contributed by atoms with Gasteiger partial charge in [-0.2, -0.15) is 4.98 Å². The molecule has 2 unspecified atom stereocenters. The number of benzene rings is 1. The predicted molar refractivity (Wildman–Crippen MR) is 76.3 cm³/mol. The lowest BCUT2D eigenvalue weighted by atomic mass is 9.96.